The minimum Gasteiger partial charge on any atom is -0.393 e. The molecular formula is C11H13N5O4S. The highest BCUT2D eigenvalue weighted by Crippen LogP contribution is 2.26. The molecule has 2 rings (SSSR count). The number of hydrogen-bond acceptors (Lipinski definition) is 6. The average molecular weight is 311 g/mol. The molecule has 0 amide bonds. The van der Waals surface area contributed by atoms with E-state index in [4.69, 9.17) is 5.73 Å². The largest absolute Gasteiger partial charge is 0.393 e. The van der Waals surface area contributed by atoms with Crippen LogP contribution in [0.25, 0.3) is 0 Å². The third kappa shape index (κ3) is 2.79. The maximum atomic E-state index is 12.3. The Labute approximate surface area is 120 Å². The Morgan fingerprint density at radius 2 is 2.05 bits per heavy atom. The Hall–Kier alpha value is -2.62. The molecule has 1 aromatic heterocycles. The molecule has 0 aliphatic rings. The first-order chi connectivity index (χ1) is 9.72. The number of H-pyrrole nitrogens is 1. The van der Waals surface area contributed by atoms with Gasteiger partial charge in [0.1, 0.15) is 5.69 Å². The summed E-state index contributed by atoms with van der Waals surface area (Å²) in [6.07, 6.45) is 0. The molecule has 21 heavy (non-hydrogen) atoms. The number of aromatic nitrogens is 2. The maximum Gasteiger partial charge on any atom is 0.292 e. The summed E-state index contributed by atoms with van der Waals surface area (Å²) in [6.45, 7) is 3.31. The van der Waals surface area contributed by atoms with Crippen LogP contribution in [0.15, 0.2) is 23.1 Å². The number of aryl methyl sites for hydroxylation is 2. The van der Waals surface area contributed by atoms with E-state index in [9.17, 15) is 18.5 Å². The normalized spacial score (nSPS) is 11.3. The van der Waals surface area contributed by atoms with Crippen molar-refractivity contribution in [2.45, 2.75) is 18.7 Å². The second kappa shape index (κ2) is 5.05. The molecule has 0 fully saturated rings. The van der Waals surface area contributed by atoms with Gasteiger partial charge in [-0.3, -0.25) is 19.9 Å². The zero-order valence-corrected chi connectivity index (χ0v) is 12.1. The van der Waals surface area contributed by atoms with Crippen LogP contribution in [0.3, 0.4) is 0 Å². The maximum absolute atomic E-state index is 12.3. The minimum absolute atomic E-state index is 0.161. The van der Waals surface area contributed by atoms with Crippen molar-refractivity contribution in [3.05, 3.63) is 39.7 Å². The predicted molar refractivity (Wildman–Crippen MR) is 76.4 cm³/mol. The van der Waals surface area contributed by atoms with Gasteiger partial charge < -0.3 is 5.73 Å². The second-order valence-corrected chi connectivity index (χ2v) is 6.07. The lowest BCUT2D eigenvalue weighted by Crippen LogP contribution is -2.14. The van der Waals surface area contributed by atoms with E-state index in [-0.39, 0.29) is 16.3 Å². The molecule has 4 N–H and O–H groups in total. The van der Waals surface area contributed by atoms with Crippen molar-refractivity contribution in [3.8, 4) is 0 Å². The Bertz CT molecular complexity index is 793. The topological polar surface area (TPSA) is 144 Å². The third-order valence-electron chi connectivity index (χ3n) is 2.87. The van der Waals surface area contributed by atoms with E-state index in [2.05, 4.69) is 14.9 Å². The van der Waals surface area contributed by atoms with Gasteiger partial charge in [0.25, 0.3) is 15.7 Å². The Balaban J connectivity index is 2.41. The molecule has 112 valence electrons. The SMILES string of the molecule is Cc1n[nH]c(C)c1NS(=O)(=O)c1ccc([N+](=O)[O-])c(N)c1. The zero-order valence-electron chi connectivity index (χ0n) is 11.2. The number of hydrogen-bond donors (Lipinski definition) is 3. The van der Waals surface area contributed by atoms with Crippen molar-refractivity contribution in [1.82, 2.24) is 10.2 Å². The summed E-state index contributed by atoms with van der Waals surface area (Å²) in [7, 11) is -3.91. The number of sulfonamides is 1. The summed E-state index contributed by atoms with van der Waals surface area (Å²) < 4.78 is 26.9. The minimum atomic E-state index is -3.91. The van der Waals surface area contributed by atoms with Gasteiger partial charge in [0.2, 0.25) is 0 Å². The lowest BCUT2D eigenvalue weighted by Gasteiger charge is -2.08. The summed E-state index contributed by atoms with van der Waals surface area (Å²) in [6, 6.07) is 3.23. The average Bonchev–Trinajstić information content (AvgIpc) is 2.69. The molecule has 0 bridgehead atoms. The number of anilines is 2. The molecule has 0 unspecified atom stereocenters. The number of nitrogens with zero attached hydrogens (tertiary/aromatic N) is 2. The molecule has 10 heteroatoms. The quantitative estimate of drug-likeness (QED) is 0.441. The van der Waals surface area contributed by atoms with E-state index in [0.717, 1.165) is 18.2 Å². The first-order valence-corrected chi connectivity index (χ1v) is 7.29. The van der Waals surface area contributed by atoms with Crippen LogP contribution >= 0.6 is 0 Å². The number of nitrogens with one attached hydrogen (secondary N) is 2. The van der Waals surface area contributed by atoms with E-state index in [1.807, 2.05) is 0 Å². The molecule has 1 aromatic carbocycles. The first kappa shape index (κ1) is 14.8. The Morgan fingerprint density at radius 1 is 1.38 bits per heavy atom. The number of nitro benzene ring substituents is 1. The Kier molecular flexibility index (Phi) is 3.56. The molecule has 1 heterocycles. The van der Waals surface area contributed by atoms with Gasteiger partial charge in [-0.15, -0.1) is 0 Å². The number of nitro groups is 1. The number of benzene rings is 1. The molecule has 0 saturated heterocycles. The fraction of sp³-hybridized carbons (Fsp3) is 0.182. The lowest BCUT2D eigenvalue weighted by molar-refractivity contribution is -0.383. The van der Waals surface area contributed by atoms with Crippen molar-refractivity contribution in [3.63, 3.8) is 0 Å². The molecule has 2 aromatic rings. The van der Waals surface area contributed by atoms with Gasteiger partial charge >= 0.3 is 0 Å². The van der Waals surface area contributed by atoms with Crippen LogP contribution in [-0.4, -0.2) is 23.5 Å². The summed E-state index contributed by atoms with van der Waals surface area (Å²) in [5, 5.41) is 17.2. The highest BCUT2D eigenvalue weighted by atomic mass is 32.2. The van der Waals surface area contributed by atoms with Crippen LogP contribution in [0.2, 0.25) is 0 Å². The van der Waals surface area contributed by atoms with Crippen molar-refractivity contribution >= 4 is 27.1 Å². The van der Waals surface area contributed by atoms with Gasteiger partial charge in [0.15, 0.2) is 0 Å². The third-order valence-corrected chi connectivity index (χ3v) is 4.22. The molecule has 0 aliphatic carbocycles. The van der Waals surface area contributed by atoms with Crippen molar-refractivity contribution in [1.29, 1.82) is 0 Å². The van der Waals surface area contributed by atoms with Crippen LogP contribution in [0.5, 0.6) is 0 Å². The van der Waals surface area contributed by atoms with Gasteiger partial charge in [-0.25, -0.2) is 8.42 Å². The second-order valence-electron chi connectivity index (χ2n) is 4.39. The Morgan fingerprint density at radius 3 is 2.52 bits per heavy atom. The number of nitrogens with two attached hydrogens (primary N) is 1. The highest BCUT2D eigenvalue weighted by molar-refractivity contribution is 7.92. The summed E-state index contributed by atoms with van der Waals surface area (Å²) in [5.41, 5.74) is 6.33. The van der Waals surface area contributed by atoms with Crippen molar-refractivity contribution in [2.75, 3.05) is 10.5 Å². The van der Waals surface area contributed by atoms with Gasteiger partial charge in [-0.1, -0.05) is 0 Å². The number of nitrogen functional groups attached to an aromatic ring is 1. The fourth-order valence-electron chi connectivity index (χ4n) is 1.76. The summed E-state index contributed by atoms with van der Waals surface area (Å²) >= 11 is 0. The standard InChI is InChI=1S/C11H13N5O4S/c1-6-11(7(2)14-13-6)15-21(19,20)8-3-4-10(16(17)18)9(12)5-8/h3-5,15H,12H2,1-2H3,(H,13,14). The fourth-order valence-corrected chi connectivity index (χ4v) is 2.98. The first-order valence-electron chi connectivity index (χ1n) is 5.80. The molecule has 0 atom stereocenters. The summed E-state index contributed by atoms with van der Waals surface area (Å²) in [5.74, 6) is 0. The lowest BCUT2D eigenvalue weighted by atomic mass is 10.3. The number of aromatic amines is 1. The van der Waals surface area contributed by atoms with Crippen LogP contribution in [-0.2, 0) is 10.0 Å². The molecular weight excluding hydrogens is 298 g/mol. The zero-order chi connectivity index (χ0) is 15.8. The van der Waals surface area contributed by atoms with Gasteiger partial charge in [0.05, 0.1) is 26.9 Å². The smallest absolute Gasteiger partial charge is 0.292 e. The van der Waals surface area contributed by atoms with Gasteiger partial charge in [-0.2, -0.15) is 5.10 Å². The van der Waals surface area contributed by atoms with E-state index < -0.39 is 14.9 Å². The van der Waals surface area contributed by atoms with E-state index in [0.29, 0.717) is 17.1 Å². The molecule has 0 radical (unpaired) electrons. The molecule has 9 nitrogen and oxygen atoms in total. The van der Waals surface area contributed by atoms with Crippen molar-refractivity contribution < 1.29 is 13.3 Å². The van der Waals surface area contributed by atoms with Crippen LogP contribution in [0.4, 0.5) is 17.1 Å². The monoisotopic (exact) mass is 311 g/mol. The van der Waals surface area contributed by atoms with E-state index in [1.165, 1.54) is 0 Å². The van der Waals surface area contributed by atoms with Gasteiger partial charge in [-0.05, 0) is 26.0 Å². The molecule has 0 aliphatic heterocycles. The van der Waals surface area contributed by atoms with Crippen molar-refractivity contribution in [2.24, 2.45) is 0 Å². The predicted octanol–water partition coefficient (Wildman–Crippen LogP) is 1.32. The van der Waals surface area contributed by atoms with E-state index >= 15 is 0 Å². The molecule has 0 spiro atoms. The van der Waals surface area contributed by atoms with Gasteiger partial charge in [0, 0.05) is 6.07 Å². The van der Waals surface area contributed by atoms with Crippen LogP contribution in [0.1, 0.15) is 11.4 Å². The summed E-state index contributed by atoms with van der Waals surface area (Å²) in [4.78, 5) is 9.84. The highest BCUT2D eigenvalue weighted by Gasteiger charge is 2.21. The molecule has 0 saturated carbocycles. The van der Waals surface area contributed by atoms with Crippen LogP contribution in [0, 0.1) is 24.0 Å². The van der Waals surface area contributed by atoms with E-state index in [1.54, 1.807) is 13.8 Å². The number of rotatable bonds is 4. The van der Waals surface area contributed by atoms with Crippen LogP contribution < -0.4 is 10.5 Å².